The molecule has 1 aromatic carbocycles. The number of hydrogen-bond acceptors (Lipinski definition) is 5. The lowest BCUT2D eigenvalue weighted by Gasteiger charge is -2.13. The number of aliphatic hydroxyl groups excluding tert-OH is 1. The highest BCUT2D eigenvalue weighted by Crippen LogP contribution is 2.13. The maximum atomic E-state index is 12.0. The summed E-state index contributed by atoms with van der Waals surface area (Å²) in [6, 6.07) is 3.86. The number of carboxylic acid groups (broad SMARTS) is 1. The zero-order chi connectivity index (χ0) is 15.3. The molecule has 0 spiro atoms. The summed E-state index contributed by atoms with van der Waals surface area (Å²) >= 11 is 0. The van der Waals surface area contributed by atoms with Crippen LogP contribution >= 0.6 is 0 Å². The van der Waals surface area contributed by atoms with Crippen molar-refractivity contribution in [3.05, 3.63) is 29.8 Å². The Kier molecular flexibility index (Phi) is 5.37. The summed E-state index contributed by atoms with van der Waals surface area (Å²) in [5, 5.41) is 17.6. The molecule has 1 aromatic rings. The molecule has 1 atom stereocenters. The van der Waals surface area contributed by atoms with E-state index < -0.39 is 28.6 Å². The summed E-state index contributed by atoms with van der Waals surface area (Å²) in [5.74, 6) is -1.68. The van der Waals surface area contributed by atoms with Crippen molar-refractivity contribution in [3.8, 4) is 0 Å². The highest BCUT2D eigenvalue weighted by atomic mass is 32.2. The van der Waals surface area contributed by atoms with E-state index in [0.29, 0.717) is 0 Å². The molecule has 0 aliphatic heterocycles. The highest BCUT2D eigenvalue weighted by molar-refractivity contribution is 7.89. The van der Waals surface area contributed by atoms with Crippen LogP contribution in [-0.2, 0) is 14.8 Å². The van der Waals surface area contributed by atoms with Gasteiger partial charge in [0.15, 0.2) is 5.78 Å². The molecule has 8 heteroatoms. The van der Waals surface area contributed by atoms with Crippen LogP contribution in [0.15, 0.2) is 29.2 Å². The van der Waals surface area contributed by atoms with Gasteiger partial charge in [-0.05, 0) is 25.5 Å². The first kappa shape index (κ1) is 16.3. The molecule has 3 N–H and O–H groups in total. The Hall–Kier alpha value is -1.77. The molecule has 0 aromatic heterocycles. The minimum Gasteiger partial charge on any atom is -0.480 e. The van der Waals surface area contributed by atoms with E-state index in [0.717, 1.165) is 0 Å². The monoisotopic (exact) mass is 301 g/mol. The fraction of sp³-hybridized carbons (Fsp3) is 0.333. The second kappa shape index (κ2) is 6.60. The van der Waals surface area contributed by atoms with Gasteiger partial charge in [0.2, 0.25) is 10.0 Å². The van der Waals surface area contributed by atoms with Crippen molar-refractivity contribution in [1.29, 1.82) is 0 Å². The average molecular weight is 301 g/mol. The summed E-state index contributed by atoms with van der Waals surface area (Å²) in [4.78, 5) is 21.9. The first-order valence-corrected chi connectivity index (χ1v) is 7.23. The van der Waals surface area contributed by atoms with E-state index >= 15 is 0 Å². The van der Waals surface area contributed by atoms with Gasteiger partial charge < -0.3 is 10.2 Å². The third-order valence-corrected chi connectivity index (χ3v) is 4.03. The van der Waals surface area contributed by atoms with Crippen LogP contribution in [0.1, 0.15) is 23.7 Å². The Bertz CT molecular complexity index is 610. The van der Waals surface area contributed by atoms with Gasteiger partial charge in [-0.2, -0.15) is 4.72 Å². The molecule has 110 valence electrons. The smallest absolute Gasteiger partial charge is 0.321 e. The molecule has 0 radical (unpaired) electrons. The van der Waals surface area contributed by atoms with E-state index in [2.05, 4.69) is 0 Å². The van der Waals surface area contributed by atoms with Gasteiger partial charge in [-0.1, -0.05) is 12.1 Å². The third-order valence-electron chi connectivity index (χ3n) is 2.56. The van der Waals surface area contributed by atoms with E-state index in [1.165, 1.54) is 31.2 Å². The zero-order valence-corrected chi connectivity index (χ0v) is 11.6. The number of carboxylic acids is 1. The Morgan fingerprint density at radius 1 is 1.35 bits per heavy atom. The van der Waals surface area contributed by atoms with Crippen LogP contribution in [-0.4, -0.2) is 43.0 Å². The minimum atomic E-state index is -4.08. The van der Waals surface area contributed by atoms with Crippen LogP contribution in [0.4, 0.5) is 0 Å². The number of hydrogen-bond donors (Lipinski definition) is 3. The molecule has 0 unspecified atom stereocenters. The summed E-state index contributed by atoms with van der Waals surface area (Å²) < 4.78 is 26.0. The number of rotatable bonds is 7. The van der Waals surface area contributed by atoms with Gasteiger partial charge in [0.25, 0.3) is 0 Å². The fourth-order valence-corrected chi connectivity index (χ4v) is 2.77. The molecule has 0 aliphatic carbocycles. The van der Waals surface area contributed by atoms with Crippen molar-refractivity contribution in [3.63, 3.8) is 0 Å². The van der Waals surface area contributed by atoms with E-state index in [1.54, 1.807) is 0 Å². The van der Waals surface area contributed by atoms with Crippen molar-refractivity contribution in [2.75, 3.05) is 6.61 Å². The van der Waals surface area contributed by atoms with Crippen molar-refractivity contribution in [2.24, 2.45) is 0 Å². The van der Waals surface area contributed by atoms with E-state index in [-0.39, 0.29) is 22.7 Å². The number of sulfonamides is 1. The summed E-state index contributed by atoms with van der Waals surface area (Å²) in [6.07, 6.45) is -0.249. The first-order valence-electron chi connectivity index (χ1n) is 5.75. The lowest BCUT2D eigenvalue weighted by molar-refractivity contribution is -0.139. The lowest BCUT2D eigenvalue weighted by Crippen LogP contribution is -2.41. The number of aliphatic carboxylic acids is 1. The van der Waals surface area contributed by atoms with Crippen molar-refractivity contribution >= 4 is 21.8 Å². The van der Waals surface area contributed by atoms with Crippen molar-refractivity contribution < 1.29 is 28.2 Å². The maximum Gasteiger partial charge on any atom is 0.321 e. The molecule has 7 nitrogen and oxygen atoms in total. The molecular weight excluding hydrogens is 286 g/mol. The lowest BCUT2D eigenvalue weighted by atomic mass is 10.2. The molecule has 0 saturated heterocycles. The van der Waals surface area contributed by atoms with Crippen molar-refractivity contribution in [2.45, 2.75) is 24.3 Å². The molecule has 20 heavy (non-hydrogen) atoms. The SMILES string of the molecule is CC(=O)c1cccc(S(=O)(=O)N[C@@H](CCO)C(=O)O)c1. The molecular formula is C12H15NO6S. The first-order chi connectivity index (χ1) is 9.27. The average Bonchev–Trinajstić information content (AvgIpc) is 2.38. The number of ketones is 1. The molecule has 0 aliphatic rings. The van der Waals surface area contributed by atoms with Gasteiger partial charge in [0.1, 0.15) is 6.04 Å². The Morgan fingerprint density at radius 3 is 2.50 bits per heavy atom. The summed E-state index contributed by atoms with van der Waals surface area (Å²) in [5.41, 5.74) is 0.210. The van der Waals surface area contributed by atoms with Gasteiger partial charge in [-0.15, -0.1) is 0 Å². The van der Waals surface area contributed by atoms with Crippen molar-refractivity contribution in [1.82, 2.24) is 4.72 Å². The largest absolute Gasteiger partial charge is 0.480 e. The maximum absolute atomic E-state index is 12.0. The van der Waals surface area contributed by atoms with Gasteiger partial charge in [-0.3, -0.25) is 9.59 Å². The molecule has 0 heterocycles. The van der Waals surface area contributed by atoms with E-state index in [1.807, 2.05) is 4.72 Å². The number of carbonyl (C=O) groups excluding carboxylic acids is 1. The van der Waals surface area contributed by atoms with Crippen LogP contribution in [0.25, 0.3) is 0 Å². The molecule has 0 bridgehead atoms. The number of Topliss-reactive ketones (excluding diaryl/α,β-unsaturated/α-hetero) is 1. The topological polar surface area (TPSA) is 121 Å². The Balaban J connectivity index is 3.07. The van der Waals surface area contributed by atoms with Gasteiger partial charge in [0, 0.05) is 12.2 Å². The van der Waals surface area contributed by atoms with Crippen LogP contribution in [0.3, 0.4) is 0 Å². The van der Waals surface area contributed by atoms with Gasteiger partial charge in [0.05, 0.1) is 4.90 Å². The molecule has 0 saturated carbocycles. The number of benzene rings is 1. The minimum absolute atomic E-state index is 0.200. The Morgan fingerprint density at radius 2 is 2.00 bits per heavy atom. The van der Waals surface area contributed by atoms with Gasteiger partial charge in [-0.25, -0.2) is 8.42 Å². The number of aliphatic hydroxyl groups is 1. The normalized spacial score (nSPS) is 12.9. The van der Waals surface area contributed by atoms with E-state index in [9.17, 15) is 18.0 Å². The van der Waals surface area contributed by atoms with Crippen LogP contribution in [0, 0.1) is 0 Å². The molecule has 0 fully saturated rings. The standard InChI is InChI=1S/C12H15NO6S/c1-8(15)9-3-2-4-10(7-9)20(18,19)13-11(5-6-14)12(16)17/h2-4,7,11,13-14H,5-6H2,1H3,(H,16,17)/t11-/m0/s1. The highest BCUT2D eigenvalue weighted by Gasteiger charge is 2.25. The van der Waals surface area contributed by atoms with Crippen LogP contribution in [0.5, 0.6) is 0 Å². The zero-order valence-electron chi connectivity index (χ0n) is 10.7. The fourth-order valence-electron chi connectivity index (χ4n) is 1.50. The van der Waals surface area contributed by atoms with E-state index in [4.69, 9.17) is 10.2 Å². The predicted molar refractivity (Wildman–Crippen MR) is 69.9 cm³/mol. The Labute approximate surface area is 116 Å². The number of carbonyl (C=O) groups is 2. The summed E-state index contributed by atoms with van der Waals surface area (Å²) in [6.45, 7) is 0.831. The molecule has 1 rings (SSSR count). The second-order valence-electron chi connectivity index (χ2n) is 4.11. The van der Waals surface area contributed by atoms with Crippen LogP contribution in [0.2, 0.25) is 0 Å². The van der Waals surface area contributed by atoms with Gasteiger partial charge >= 0.3 is 5.97 Å². The number of nitrogens with one attached hydrogen (secondary N) is 1. The molecule has 0 amide bonds. The third kappa shape index (κ3) is 4.12. The quantitative estimate of drug-likeness (QED) is 0.610. The predicted octanol–water partition coefficient (Wildman–Crippen LogP) is 0.00310. The second-order valence-corrected chi connectivity index (χ2v) is 5.82. The summed E-state index contributed by atoms with van der Waals surface area (Å²) in [7, 11) is -4.08. The van der Waals surface area contributed by atoms with Crippen LogP contribution < -0.4 is 4.72 Å².